The van der Waals surface area contributed by atoms with E-state index >= 15 is 0 Å². The molecule has 1 aliphatic rings. The van der Waals surface area contributed by atoms with Crippen molar-refractivity contribution >= 4 is 0 Å². The molecule has 0 aromatic carbocycles. The van der Waals surface area contributed by atoms with Crippen LogP contribution >= 0.6 is 0 Å². The summed E-state index contributed by atoms with van der Waals surface area (Å²) in [6, 6.07) is 0.448. The zero-order valence-corrected chi connectivity index (χ0v) is 8.12. The van der Waals surface area contributed by atoms with Gasteiger partial charge in [-0.05, 0) is 27.2 Å². The molecule has 0 saturated carbocycles. The molecule has 0 bridgehead atoms. The van der Waals surface area contributed by atoms with Crippen LogP contribution in [-0.4, -0.2) is 45.9 Å². The average Bonchev–Trinajstić information content (AvgIpc) is 1.94. The highest BCUT2D eigenvalue weighted by molar-refractivity contribution is 4.91. The Morgan fingerprint density at radius 1 is 1.50 bits per heavy atom. The first-order valence-corrected chi connectivity index (χ1v) is 4.58. The molecule has 1 heterocycles. The van der Waals surface area contributed by atoms with Crippen molar-refractivity contribution < 1.29 is 10.2 Å². The summed E-state index contributed by atoms with van der Waals surface area (Å²) >= 11 is 0. The fourth-order valence-corrected chi connectivity index (χ4v) is 1.64. The van der Waals surface area contributed by atoms with Gasteiger partial charge >= 0.3 is 0 Å². The molecule has 0 aromatic rings. The van der Waals surface area contributed by atoms with Gasteiger partial charge in [0.1, 0.15) is 5.60 Å². The van der Waals surface area contributed by atoms with Gasteiger partial charge in [0.15, 0.2) is 0 Å². The van der Waals surface area contributed by atoms with E-state index in [1.54, 1.807) is 6.92 Å². The maximum atomic E-state index is 9.77. The molecule has 2 N–H and O–H groups in total. The summed E-state index contributed by atoms with van der Waals surface area (Å²) in [6.45, 7) is 7.37. The standard InChI is InChI=1S/C9H19NO2/c1-7(2)10-5-4-8(11)9(3,12)6-10/h7-8,11-12H,4-6H2,1-3H3/t8-,9-/m1/s1. The number of likely N-dealkylation sites (tertiary alicyclic amines) is 1. The summed E-state index contributed by atoms with van der Waals surface area (Å²) in [5.41, 5.74) is -0.928. The van der Waals surface area contributed by atoms with Crippen molar-refractivity contribution in [3.63, 3.8) is 0 Å². The lowest BCUT2D eigenvalue weighted by Gasteiger charge is -2.42. The van der Waals surface area contributed by atoms with Crippen molar-refractivity contribution in [2.75, 3.05) is 13.1 Å². The molecular formula is C9H19NO2. The maximum absolute atomic E-state index is 9.77. The minimum absolute atomic E-state index is 0.448. The van der Waals surface area contributed by atoms with E-state index in [-0.39, 0.29) is 0 Å². The molecule has 1 aliphatic heterocycles. The third kappa shape index (κ3) is 1.97. The number of piperidine rings is 1. The Morgan fingerprint density at radius 2 is 2.08 bits per heavy atom. The third-order valence-corrected chi connectivity index (χ3v) is 2.66. The maximum Gasteiger partial charge on any atom is 0.100 e. The first-order chi connectivity index (χ1) is 5.43. The molecule has 2 atom stereocenters. The summed E-state index contributed by atoms with van der Waals surface area (Å²) < 4.78 is 0. The largest absolute Gasteiger partial charge is 0.390 e. The van der Waals surface area contributed by atoms with Crippen LogP contribution in [0, 0.1) is 0 Å². The van der Waals surface area contributed by atoms with Crippen molar-refractivity contribution in [2.45, 2.75) is 44.9 Å². The Bertz CT molecular complexity index is 157. The first-order valence-electron chi connectivity index (χ1n) is 4.58. The van der Waals surface area contributed by atoms with Crippen LogP contribution in [0.4, 0.5) is 0 Å². The molecule has 1 saturated heterocycles. The minimum Gasteiger partial charge on any atom is -0.390 e. The topological polar surface area (TPSA) is 43.7 Å². The molecule has 1 rings (SSSR count). The quantitative estimate of drug-likeness (QED) is 0.596. The van der Waals surface area contributed by atoms with Crippen LogP contribution in [-0.2, 0) is 0 Å². The molecule has 0 amide bonds. The lowest BCUT2D eigenvalue weighted by molar-refractivity contribution is -0.114. The van der Waals surface area contributed by atoms with E-state index in [0.29, 0.717) is 19.0 Å². The van der Waals surface area contributed by atoms with Crippen LogP contribution in [0.1, 0.15) is 27.2 Å². The fraction of sp³-hybridized carbons (Fsp3) is 1.00. The molecule has 0 unspecified atom stereocenters. The molecule has 12 heavy (non-hydrogen) atoms. The van der Waals surface area contributed by atoms with Crippen molar-refractivity contribution in [1.29, 1.82) is 0 Å². The normalized spacial score (nSPS) is 39.0. The summed E-state index contributed by atoms with van der Waals surface area (Å²) in [6.07, 6.45) is 0.109. The molecule has 0 radical (unpaired) electrons. The van der Waals surface area contributed by atoms with Crippen LogP contribution in [0.15, 0.2) is 0 Å². The molecule has 0 aliphatic carbocycles. The van der Waals surface area contributed by atoms with E-state index in [1.807, 2.05) is 0 Å². The predicted molar refractivity (Wildman–Crippen MR) is 48.0 cm³/mol. The number of β-amino-alcohol motifs (C(OH)–C–C–N with tert-alkyl or cyclic N) is 1. The molecule has 72 valence electrons. The number of hydrogen-bond donors (Lipinski definition) is 2. The second kappa shape index (κ2) is 3.32. The highest BCUT2D eigenvalue weighted by Gasteiger charge is 2.37. The van der Waals surface area contributed by atoms with Crippen LogP contribution in [0.5, 0.6) is 0 Å². The highest BCUT2D eigenvalue weighted by Crippen LogP contribution is 2.22. The second-order valence-corrected chi connectivity index (χ2v) is 4.23. The third-order valence-electron chi connectivity index (χ3n) is 2.66. The zero-order chi connectivity index (χ0) is 9.35. The zero-order valence-electron chi connectivity index (χ0n) is 8.12. The van der Waals surface area contributed by atoms with Crippen LogP contribution in [0.2, 0.25) is 0 Å². The van der Waals surface area contributed by atoms with E-state index in [0.717, 1.165) is 6.54 Å². The highest BCUT2D eigenvalue weighted by atomic mass is 16.3. The van der Waals surface area contributed by atoms with Crippen LogP contribution in [0.25, 0.3) is 0 Å². The number of rotatable bonds is 1. The lowest BCUT2D eigenvalue weighted by atomic mass is 9.91. The number of hydrogen-bond acceptors (Lipinski definition) is 3. The van der Waals surface area contributed by atoms with E-state index in [9.17, 15) is 10.2 Å². The van der Waals surface area contributed by atoms with Gasteiger partial charge in [0.05, 0.1) is 6.10 Å². The number of nitrogens with zero attached hydrogens (tertiary/aromatic N) is 1. The van der Waals surface area contributed by atoms with Gasteiger partial charge in [0.2, 0.25) is 0 Å². The Hall–Kier alpha value is -0.120. The van der Waals surface area contributed by atoms with Gasteiger partial charge in [0, 0.05) is 19.1 Å². The van der Waals surface area contributed by atoms with Crippen LogP contribution in [0.3, 0.4) is 0 Å². The van der Waals surface area contributed by atoms with Crippen LogP contribution < -0.4 is 0 Å². The Kier molecular flexibility index (Phi) is 2.76. The van der Waals surface area contributed by atoms with Gasteiger partial charge < -0.3 is 10.2 Å². The van der Waals surface area contributed by atoms with Crippen molar-refractivity contribution in [2.24, 2.45) is 0 Å². The van der Waals surface area contributed by atoms with Gasteiger partial charge in [0.25, 0.3) is 0 Å². The van der Waals surface area contributed by atoms with Crippen molar-refractivity contribution in [1.82, 2.24) is 4.90 Å². The smallest absolute Gasteiger partial charge is 0.100 e. The van der Waals surface area contributed by atoms with Gasteiger partial charge in [-0.25, -0.2) is 0 Å². The monoisotopic (exact) mass is 173 g/mol. The SMILES string of the molecule is CC(C)N1CC[C@@H](O)[C@](C)(O)C1. The summed E-state index contributed by atoms with van der Waals surface area (Å²) in [5, 5.41) is 19.2. The molecule has 1 fully saturated rings. The fourth-order valence-electron chi connectivity index (χ4n) is 1.64. The van der Waals surface area contributed by atoms with E-state index in [1.165, 1.54) is 0 Å². The van der Waals surface area contributed by atoms with Gasteiger partial charge in [-0.3, -0.25) is 4.90 Å². The molecule has 0 aromatic heterocycles. The summed E-state index contributed by atoms with van der Waals surface area (Å²) in [4.78, 5) is 2.19. The lowest BCUT2D eigenvalue weighted by Crippen LogP contribution is -2.56. The number of aliphatic hydroxyl groups is 2. The van der Waals surface area contributed by atoms with Crippen molar-refractivity contribution in [3.8, 4) is 0 Å². The molecular weight excluding hydrogens is 154 g/mol. The molecule has 3 nitrogen and oxygen atoms in total. The van der Waals surface area contributed by atoms with Crippen molar-refractivity contribution in [3.05, 3.63) is 0 Å². The summed E-state index contributed by atoms with van der Waals surface area (Å²) in [7, 11) is 0. The van der Waals surface area contributed by atoms with Gasteiger partial charge in [-0.15, -0.1) is 0 Å². The number of aliphatic hydroxyl groups excluding tert-OH is 1. The average molecular weight is 173 g/mol. The Labute approximate surface area is 74.0 Å². The predicted octanol–water partition coefficient (Wildman–Crippen LogP) is 0.212. The Balaban J connectivity index is 2.57. The molecule has 0 spiro atoms. The van der Waals surface area contributed by atoms with Gasteiger partial charge in [-0.1, -0.05) is 0 Å². The van der Waals surface area contributed by atoms with E-state index < -0.39 is 11.7 Å². The first kappa shape index (κ1) is 9.96. The van der Waals surface area contributed by atoms with E-state index in [2.05, 4.69) is 18.7 Å². The van der Waals surface area contributed by atoms with E-state index in [4.69, 9.17) is 0 Å². The minimum atomic E-state index is -0.928. The Morgan fingerprint density at radius 3 is 2.50 bits per heavy atom. The van der Waals surface area contributed by atoms with Gasteiger partial charge in [-0.2, -0.15) is 0 Å². The summed E-state index contributed by atoms with van der Waals surface area (Å²) in [5.74, 6) is 0. The molecule has 3 heteroatoms. The second-order valence-electron chi connectivity index (χ2n) is 4.23.